The number of piperidine rings is 1. The van der Waals surface area contributed by atoms with Crippen molar-refractivity contribution in [3.8, 4) is 0 Å². The zero-order valence-corrected chi connectivity index (χ0v) is 12.8. The molecule has 20 heavy (non-hydrogen) atoms. The minimum atomic E-state index is -3.61. The van der Waals surface area contributed by atoms with E-state index in [2.05, 4.69) is 17.0 Å². The molecule has 1 saturated heterocycles. The van der Waals surface area contributed by atoms with E-state index >= 15 is 0 Å². The van der Waals surface area contributed by atoms with Gasteiger partial charge in [0.15, 0.2) is 0 Å². The fourth-order valence-electron chi connectivity index (χ4n) is 2.67. The zero-order chi connectivity index (χ0) is 14.9. The van der Waals surface area contributed by atoms with Crippen LogP contribution in [0.3, 0.4) is 0 Å². The molecular formula is C14H21FN2O2S. The molecule has 4 nitrogen and oxygen atoms in total. The van der Waals surface area contributed by atoms with E-state index in [9.17, 15) is 12.8 Å². The number of nitrogens with one attached hydrogen (secondary N) is 2. The molecule has 3 unspecified atom stereocenters. The van der Waals surface area contributed by atoms with Crippen molar-refractivity contribution in [3.63, 3.8) is 0 Å². The van der Waals surface area contributed by atoms with Gasteiger partial charge in [-0.1, -0.05) is 0 Å². The Bertz CT molecular complexity index is 589. The Morgan fingerprint density at radius 3 is 2.60 bits per heavy atom. The lowest BCUT2D eigenvalue weighted by Gasteiger charge is -2.34. The van der Waals surface area contributed by atoms with Gasteiger partial charge in [-0.2, -0.15) is 0 Å². The van der Waals surface area contributed by atoms with Gasteiger partial charge in [0, 0.05) is 18.1 Å². The average Bonchev–Trinajstić information content (AvgIpc) is 2.32. The van der Waals surface area contributed by atoms with Crippen LogP contribution in [-0.2, 0) is 10.0 Å². The van der Waals surface area contributed by atoms with E-state index in [1.807, 2.05) is 6.92 Å². The van der Waals surface area contributed by atoms with Gasteiger partial charge in [0.25, 0.3) is 0 Å². The molecule has 2 rings (SSSR count). The highest BCUT2D eigenvalue weighted by molar-refractivity contribution is 7.89. The van der Waals surface area contributed by atoms with Crippen LogP contribution in [0.4, 0.5) is 4.39 Å². The van der Waals surface area contributed by atoms with Crippen molar-refractivity contribution in [3.05, 3.63) is 29.6 Å². The molecule has 1 aromatic carbocycles. The average molecular weight is 300 g/mol. The highest BCUT2D eigenvalue weighted by atomic mass is 32.2. The van der Waals surface area contributed by atoms with Crippen molar-refractivity contribution in [1.29, 1.82) is 0 Å². The number of rotatable bonds is 3. The number of hydrogen-bond acceptors (Lipinski definition) is 3. The van der Waals surface area contributed by atoms with Crippen molar-refractivity contribution in [2.75, 3.05) is 0 Å². The van der Waals surface area contributed by atoms with Gasteiger partial charge in [0.2, 0.25) is 10.0 Å². The fourth-order valence-corrected chi connectivity index (χ4v) is 4.24. The van der Waals surface area contributed by atoms with Crippen LogP contribution in [0.5, 0.6) is 0 Å². The van der Waals surface area contributed by atoms with Gasteiger partial charge in [-0.15, -0.1) is 0 Å². The normalized spacial score (nSPS) is 27.5. The molecule has 1 aliphatic heterocycles. The van der Waals surface area contributed by atoms with Gasteiger partial charge in [-0.25, -0.2) is 17.5 Å². The van der Waals surface area contributed by atoms with Gasteiger partial charge in [-0.05, 0) is 57.4 Å². The van der Waals surface area contributed by atoms with Crippen LogP contribution in [0.15, 0.2) is 23.1 Å². The first-order chi connectivity index (χ1) is 9.29. The van der Waals surface area contributed by atoms with E-state index in [1.165, 1.54) is 18.2 Å². The molecule has 2 N–H and O–H groups in total. The highest BCUT2D eigenvalue weighted by Gasteiger charge is 2.29. The van der Waals surface area contributed by atoms with Crippen LogP contribution in [-0.4, -0.2) is 26.5 Å². The van der Waals surface area contributed by atoms with Crippen LogP contribution < -0.4 is 10.0 Å². The number of aryl methyl sites for hydroxylation is 1. The monoisotopic (exact) mass is 300 g/mol. The summed E-state index contributed by atoms with van der Waals surface area (Å²) < 4.78 is 40.6. The van der Waals surface area contributed by atoms with E-state index in [1.54, 1.807) is 6.92 Å². The maximum atomic E-state index is 13.1. The SMILES string of the molecule is Cc1cc(F)ccc1S(=O)(=O)NC1CCC(C)NC1C. The standard InChI is InChI=1S/C14H21FN2O2S/c1-9-8-12(15)5-7-14(9)20(18,19)17-13-6-4-10(2)16-11(13)3/h5,7-8,10-11,13,16-17H,4,6H2,1-3H3. The molecule has 3 atom stereocenters. The van der Waals surface area contributed by atoms with Gasteiger partial charge in [0.05, 0.1) is 4.90 Å². The Morgan fingerprint density at radius 2 is 2.00 bits per heavy atom. The third-order valence-corrected chi connectivity index (χ3v) is 5.44. The van der Waals surface area contributed by atoms with E-state index in [4.69, 9.17) is 0 Å². The van der Waals surface area contributed by atoms with Crippen molar-refractivity contribution in [2.24, 2.45) is 0 Å². The molecule has 1 heterocycles. The Morgan fingerprint density at radius 1 is 1.30 bits per heavy atom. The topological polar surface area (TPSA) is 58.2 Å². The lowest BCUT2D eigenvalue weighted by molar-refractivity contribution is 0.297. The Labute approximate surface area is 119 Å². The van der Waals surface area contributed by atoms with E-state index in [0.29, 0.717) is 11.6 Å². The van der Waals surface area contributed by atoms with Crippen LogP contribution in [0, 0.1) is 12.7 Å². The quantitative estimate of drug-likeness (QED) is 0.897. The largest absolute Gasteiger partial charge is 0.310 e. The van der Waals surface area contributed by atoms with Crippen molar-refractivity contribution < 1.29 is 12.8 Å². The molecule has 1 aromatic rings. The maximum absolute atomic E-state index is 13.1. The maximum Gasteiger partial charge on any atom is 0.241 e. The van der Waals surface area contributed by atoms with Crippen LogP contribution in [0.1, 0.15) is 32.3 Å². The van der Waals surface area contributed by atoms with Crippen LogP contribution in [0.2, 0.25) is 0 Å². The molecule has 6 heteroatoms. The minimum Gasteiger partial charge on any atom is -0.310 e. The summed E-state index contributed by atoms with van der Waals surface area (Å²) in [6.45, 7) is 5.66. The minimum absolute atomic E-state index is 0.0780. The highest BCUT2D eigenvalue weighted by Crippen LogP contribution is 2.19. The molecule has 0 aromatic heterocycles. The fraction of sp³-hybridized carbons (Fsp3) is 0.571. The van der Waals surface area contributed by atoms with E-state index in [0.717, 1.165) is 12.8 Å². The first-order valence-corrected chi connectivity index (χ1v) is 8.32. The van der Waals surface area contributed by atoms with Crippen molar-refractivity contribution in [1.82, 2.24) is 10.0 Å². The van der Waals surface area contributed by atoms with Gasteiger partial charge < -0.3 is 5.32 Å². The molecule has 0 aliphatic carbocycles. The number of hydrogen-bond donors (Lipinski definition) is 2. The predicted octanol–water partition coefficient (Wildman–Crippen LogP) is 1.94. The summed E-state index contributed by atoms with van der Waals surface area (Å²) in [5.74, 6) is -0.428. The molecule has 0 bridgehead atoms. The summed E-state index contributed by atoms with van der Waals surface area (Å²) >= 11 is 0. The Balaban J connectivity index is 2.19. The lowest BCUT2D eigenvalue weighted by atomic mass is 9.96. The first kappa shape index (κ1) is 15.4. The molecule has 1 aliphatic rings. The van der Waals surface area contributed by atoms with Crippen LogP contribution >= 0.6 is 0 Å². The molecule has 0 amide bonds. The second kappa shape index (κ2) is 5.79. The smallest absolute Gasteiger partial charge is 0.241 e. The molecule has 0 spiro atoms. The van der Waals surface area contributed by atoms with E-state index in [-0.39, 0.29) is 17.0 Å². The molecule has 0 radical (unpaired) electrons. The predicted molar refractivity (Wildman–Crippen MR) is 76.5 cm³/mol. The summed E-state index contributed by atoms with van der Waals surface area (Å²) in [7, 11) is -3.61. The Kier molecular flexibility index (Phi) is 4.46. The van der Waals surface area contributed by atoms with Crippen molar-refractivity contribution >= 4 is 10.0 Å². The lowest BCUT2D eigenvalue weighted by Crippen LogP contribution is -2.54. The number of sulfonamides is 1. The second-order valence-electron chi connectivity index (χ2n) is 5.57. The van der Waals surface area contributed by atoms with Crippen LogP contribution in [0.25, 0.3) is 0 Å². The second-order valence-corrected chi connectivity index (χ2v) is 7.25. The Hall–Kier alpha value is -0.980. The molecule has 1 fully saturated rings. The van der Waals surface area contributed by atoms with Gasteiger partial charge in [0.1, 0.15) is 5.82 Å². The molecule has 0 saturated carbocycles. The van der Waals surface area contributed by atoms with Crippen molar-refractivity contribution in [2.45, 2.75) is 56.6 Å². The number of benzene rings is 1. The summed E-state index contributed by atoms with van der Waals surface area (Å²) in [5.41, 5.74) is 0.419. The summed E-state index contributed by atoms with van der Waals surface area (Å²) in [6, 6.07) is 4.07. The third kappa shape index (κ3) is 3.37. The molecule has 112 valence electrons. The molecular weight excluding hydrogens is 279 g/mol. The summed E-state index contributed by atoms with van der Waals surface area (Å²) in [4.78, 5) is 0.143. The van der Waals surface area contributed by atoms with Gasteiger partial charge in [-0.3, -0.25) is 0 Å². The third-order valence-electron chi connectivity index (χ3n) is 3.79. The van der Waals surface area contributed by atoms with Gasteiger partial charge >= 0.3 is 0 Å². The zero-order valence-electron chi connectivity index (χ0n) is 12.0. The number of halogens is 1. The summed E-state index contributed by atoms with van der Waals surface area (Å²) in [5, 5.41) is 3.34. The summed E-state index contributed by atoms with van der Waals surface area (Å²) in [6.07, 6.45) is 1.73. The van der Waals surface area contributed by atoms with E-state index < -0.39 is 15.8 Å². The first-order valence-electron chi connectivity index (χ1n) is 6.84.